The van der Waals surface area contributed by atoms with Gasteiger partial charge in [-0.05, 0) is 0 Å². The minimum Gasteiger partial charge on any atom is -0.465 e. The Balaban J connectivity index is 3.08. The average Bonchev–Trinajstić information content (AvgIpc) is 2.37. The molecule has 0 aliphatic rings. The number of carbonyl (C=O) groups excluding carboxylic acids is 1. The number of esters is 1. The summed E-state index contributed by atoms with van der Waals surface area (Å²) in [6, 6.07) is 1.15. The summed E-state index contributed by atoms with van der Waals surface area (Å²) < 4.78 is 7.34. The van der Waals surface area contributed by atoms with E-state index in [2.05, 4.69) is 4.74 Å². The van der Waals surface area contributed by atoms with Gasteiger partial charge in [0.1, 0.15) is 11.2 Å². The fourth-order valence-corrected chi connectivity index (χ4v) is 2.25. The van der Waals surface area contributed by atoms with Gasteiger partial charge in [0.25, 0.3) is 5.56 Å². The van der Waals surface area contributed by atoms with Gasteiger partial charge in [-0.15, -0.1) is 0 Å². The molecule has 2 heterocycles. The number of rotatable bonds is 1. The molecule has 0 spiro atoms. The number of ether oxygens (including phenoxy) is 1. The van der Waals surface area contributed by atoms with Crippen molar-refractivity contribution in [2.24, 2.45) is 14.1 Å². The normalized spacial score (nSPS) is 10.7. The van der Waals surface area contributed by atoms with Crippen molar-refractivity contribution in [1.29, 1.82) is 0 Å². The van der Waals surface area contributed by atoms with Crippen LogP contribution in [0.5, 0.6) is 0 Å². The number of aromatic nitrogens is 2. The number of hydrogen-bond acceptors (Lipinski definition) is 4. The zero-order valence-electron chi connectivity index (χ0n) is 10.6. The molecule has 0 saturated carbocycles. The van der Waals surface area contributed by atoms with E-state index in [9.17, 15) is 14.4 Å². The topological polar surface area (TPSA) is 70.3 Å². The van der Waals surface area contributed by atoms with Gasteiger partial charge in [-0.25, -0.2) is 4.79 Å². The molecule has 2 rings (SSSR count). The van der Waals surface area contributed by atoms with Crippen molar-refractivity contribution >= 4 is 28.6 Å². The van der Waals surface area contributed by atoms with E-state index in [0.29, 0.717) is 5.65 Å². The third-order valence-electron chi connectivity index (χ3n) is 2.89. The molecule has 0 saturated heterocycles. The van der Waals surface area contributed by atoms with Crippen LogP contribution in [0.2, 0.25) is 5.02 Å². The lowest BCUT2D eigenvalue weighted by atomic mass is 10.2. The summed E-state index contributed by atoms with van der Waals surface area (Å²) in [6.45, 7) is 0. The average molecular weight is 283 g/mol. The molecule has 0 fully saturated rings. The molecule has 2 aromatic heterocycles. The van der Waals surface area contributed by atoms with E-state index in [-0.39, 0.29) is 21.5 Å². The van der Waals surface area contributed by atoms with E-state index in [1.165, 1.54) is 29.5 Å². The molecule has 0 amide bonds. The van der Waals surface area contributed by atoms with Crippen molar-refractivity contribution in [3.63, 3.8) is 0 Å². The zero-order chi connectivity index (χ0) is 14.3. The maximum Gasteiger partial charge on any atom is 0.343 e. The van der Waals surface area contributed by atoms with Crippen LogP contribution in [-0.4, -0.2) is 22.2 Å². The predicted molar refractivity (Wildman–Crippen MR) is 70.8 cm³/mol. The molecule has 0 unspecified atom stereocenters. The summed E-state index contributed by atoms with van der Waals surface area (Å²) in [5, 5.41) is 0.138. The Labute approximate surface area is 112 Å². The van der Waals surface area contributed by atoms with Crippen LogP contribution in [-0.2, 0) is 18.8 Å². The lowest BCUT2D eigenvalue weighted by molar-refractivity contribution is 0.0598. The molecule has 0 radical (unpaired) electrons. The van der Waals surface area contributed by atoms with Gasteiger partial charge in [0.15, 0.2) is 0 Å². The van der Waals surface area contributed by atoms with Crippen LogP contribution in [0.15, 0.2) is 21.9 Å². The molecule has 2 aromatic rings. The first-order valence-electron chi connectivity index (χ1n) is 5.35. The number of fused-ring (bicyclic) bond motifs is 1. The Morgan fingerprint density at radius 1 is 1.32 bits per heavy atom. The molecular formula is C12H11ClN2O4. The van der Waals surface area contributed by atoms with Gasteiger partial charge in [-0.2, -0.15) is 0 Å². The van der Waals surface area contributed by atoms with E-state index in [0.717, 1.165) is 6.07 Å². The fraction of sp³-hybridized carbons (Fsp3) is 0.250. The summed E-state index contributed by atoms with van der Waals surface area (Å²) in [7, 11) is 4.33. The summed E-state index contributed by atoms with van der Waals surface area (Å²) in [6.07, 6.45) is 1.33. The Hall–Kier alpha value is -2.08. The third-order valence-corrected chi connectivity index (χ3v) is 3.19. The lowest BCUT2D eigenvalue weighted by Gasteiger charge is -2.12. The number of carbonyl (C=O) groups is 1. The summed E-state index contributed by atoms with van der Waals surface area (Å²) in [5.41, 5.74) is -0.674. The smallest absolute Gasteiger partial charge is 0.343 e. The molecule has 6 nitrogen and oxygen atoms in total. The summed E-state index contributed by atoms with van der Waals surface area (Å²) >= 11 is 5.95. The fourth-order valence-electron chi connectivity index (χ4n) is 1.98. The highest BCUT2D eigenvalue weighted by atomic mass is 35.5. The number of nitrogens with zero attached hydrogens (tertiary/aromatic N) is 2. The molecule has 7 heteroatoms. The first-order valence-corrected chi connectivity index (χ1v) is 5.73. The van der Waals surface area contributed by atoms with Crippen molar-refractivity contribution in [1.82, 2.24) is 9.13 Å². The van der Waals surface area contributed by atoms with Crippen molar-refractivity contribution in [2.75, 3.05) is 7.11 Å². The van der Waals surface area contributed by atoms with Crippen LogP contribution in [0.4, 0.5) is 0 Å². The van der Waals surface area contributed by atoms with Gasteiger partial charge < -0.3 is 9.30 Å². The second kappa shape index (κ2) is 4.55. The van der Waals surface area contributed by atoms with E-state index in [4.69, 9.17) is 11.6 Å². The van der Waals surface area contributed by atoms with Crippen molar-refractivity contribution in [3.8, 4) is 0 Å². The Morgan fingerprint density at radius 3 is 2.53 bits per heavy atom. The first kappa shape index (κ1) is 13.4. The molecule has 0 N–H and O–H groups in total. The van der Waals surface area contributed by atoms with Crippen LogP contribution < -0.4 is 11.0 Å². The van der Waals surface area contributed by atoms with Gasteiger partial charge in [0.05, 0.1) is 17.5 Å². The van der Waals surface area contributed by atoms with Gasteiger partial charge in [0.2, 0.25) is 5.43 Å². The summed E-state index contributed by atoms with van der Waals surface area (Å²) in [4.78, 5) is 35.5. The highest BCUT2D eigenvalue weighted by molar-refractivity contribution is 6.35. The Bertz CT molecular complexity index is 804. The minimum atomic E-state index is -0.743. The maximum atomic E-state index is 12.3. The lowest BCUT2D eigenvalue weighted by Crippen LogP contribution is -2.25. The number of aryl methyl sites for hydroxylation is 2. The van der Waals surface area contributed by atoms with Crippen molar-refractivity contribution in [3.05, 3.63) is 43.4 Å². The zero-order valence-corrected chi connectivity index (χ0v) is 11.3. The maximum absolute atomic E-state index is 12.3. The molecule has 0 aliphatic heterocycles. The minimum absolute atomic E-state index is 0.0180. The van der Waals surface area contributed by atoms with E-state index in [1.54, 1.807) is 7.05 Å². The summed E-state index contributed by atoms with van der Waals surface area (Å²) in [5.74, 6) is -0.743. The molecule has 0 aliphatic carbocycles. The molecule has 0 atom stereocenters. The standard InChI is InChI=1S/C12H11ClN2O4/c1-14-5-6(12(18)19-3)10(17)9-7(13)4-8(16)15(2)11(9)14/h4-5H,1-3H3. The largest absolute Gasteiger partial charge is 0.465 e. The van der Waals surface area contributed by atoms with Gasteiger partial charge in [-0.3, -0.25) is 14.2 Å². The molecule has 100 valence electrons. The number of methoxy groups -OCH3 is 1. The van der Waals surface area contributed by atoms with Crippen LogP contribution in [0.3, 0.4) is 0 Å². The SMILES string of the molecule is COC(=O)c1cn(C)c2c(c(Cl)cc(=O)n2C)c1=O. The van der Waals surface area contributed by atoms with Gasteiger partial charge >= 0.3 is 5.97 Å². The predicted octanol–water partition coefficient (Wildman–Crippen LogP) is 0.677. The molecule has 0 aromatic carbocycles. The van der Waals surface area contributed by atoms with E-state index in [1.807, 2.05) is 0 Å². The Kier molecular flexibility index (Phi) is 3.20. The van der Waals surface area contributed by atoms with Crippen LogP contribution in [0, 0.1) is 0 Å². The highest BCUT2D eigenvalue weighted by Gasteiger charge is 2.18. The molecule has 19 heavy (non-hydrogen) atoms. The van der Waals surface area contributed by atoms with Gasteiger partial charge in [0, 0.05) is 26.4 Å². The van der Waals surface area contributed by atoms with Gasteiger partial charge in [-0.1, -0.05) is 11.6 Å². The van der Waals surface area contributed by atoms with E-state index >= 15 is 0 Å². The van der Waals surface area contributed by atoms with E-state index < -0.39 is 11.4 Å². The van der Waals surface area contributed by atoms with Crippen LogP contribution in [0.1, 0.15) is 10.4 Å². The number of halogens is 1. The quantitative estimate of drug-likeness (QED) is 0.721. The highest BCUT2D eigenvalue weighted by Crippen LogP contribution is 2.18. The van der Waals surface area contributed by atoms with Crippen LogP contribution in [0.25, 0.3) is 11.0 Å². The monoisotopic (exact) mass is 282 g/mol. The molecule has 0 bridgehead atoms. The second-order valence-electron chi connectivity index (χ2n) is 4.06. The Morgan fingerprint density at radius 2 is 1.95 bits per heavy atom. The second-order valence-corrected chi connectivity index (χ2v) is 4.47. The van der Waals surface area contributed by atoms with Crippen molar-refractivity contribution < 1.29 is 9.53 Å². The number of pyridine rings is 2. The number of hydrogen-bond donors (Lipinski definition) is 0. The molecular weight excluding hydrogens is 272 g/mol. The van der Waals surface area contributed by atoms with Crippen molar-refractivity contribution in [2.45, 2.75) is 0 Å². The third kappa shape index (κ3) is 1.94. The first-order chi connectivity index (χ1) is 8.88. The van der Waals surface area contributed by atoms with Crippen LogP contribution >= 0.6 is 11.6 Å².